The van der Waals surface area contributed by atoms with E-state index < -0.39 is 0 Å². The molecule has 0 aliphatic heterocycles. The van der Waals surface area contributed by atoms with Crippen LogP contribution in [-0.2, 0) is 16.1 Å². The van der Waals surface area contributed by atoms with E-state index in [0.717, 1.165) is 5.56 Å². The van der Waals surface area contributed by atoms with Gasteiger partial charge in [-0.3, -0.25) is 4.79 Å². The lowest BCUT2D eigenvalue weighted by atomic mass is 10.2. The highest BCUT2D eigenvalue weighted by atomic mass is 19.1. The number of likely N-dealkylation sites (N-methyl/N-ethyl adjacent to an activating group) is 1. The van der Waals surface area contributed by atoms with Gasteiger partial charge >= 0.3 is 0 Å². The topological polar surface area (TPSA) is 29.5 Å². The lowest BCUT2D eigenvalue weighted by Gasteiger charge is -2.16. The Morgan fingerprint density at radius 1 is 1.53 bits per heavy atom. The smallest absolute Gasteiger partial charge is 0.248 e. The van der Waals surface area contributed by atoms with Crippen LogP contribution in [0.15, 0.2) is 24.3 Å². The van der Waals surface area contributed by atoms with Gasteiger partial charge in [-0.15, -0.1) is 0 Å². The van der Waals surface area contributed by atoms with Crippen molar-refractivity contribution >= 4 is 5.91 Å². The SMILES string of the molecule is COCC(=O)N(C)Cc1cccc(F)c1. The maximum Gasteiger partial charge on any atom is 0.248 e. The van der Waals surface area contributed by atoms with E-state index in [-0.39, 0.29) is 18.3 Å². The number of halogens is 1. The zero-order valence-corrected chi connectivity index (χ0v) is 8.87. The minimum absolute atomic E-state index is 0.0474. The van der Waals surface area contributed by atoms with Crippen molar-refractivity contribution in [2.24, 2.45) is 0 Å². The Morgan fingerprint density at radius 3 is 2.87 bits per heavy atom. The summed E-state index contributed by atoms with van der Waals surface area (Å²) in [7, 11) is 3.13. The molecule has 0 aliphatic carbocycles. The van der Waals surface area contributed by atoms with Crippen LogP contribution in [-0.4, -0.2) is 31.6 Å². The lowest BCUT2D eigenvalue weighted by molar-refractivity contribution is -0.134. The van der Waals surface area contributed by atoms with Crippen molar-refractivity contribution in [1.82, 2.24) is 4.90 Å². The van der Waals surface area contributed by atoms with Crippen molar-refractivity contribution in [1.29, 1.82) is 0 Å². The molecule has 4 heteroatoms. The zero-order chi connectivity index (χ0) is 11.3. The molecular formula is C11H14FNO2. The highest BCUT2D eigenvalue weighted by Crippen LogP contribution is 2.06. The molecule has 0 aromatic heterocycles. The molecule has 0 bridgehead atoms. The summed E-state index contributed by atoms with van der Waals surface area (Å²) in [5, 5.41) is 0. The Bertz CT molecular complexity index is 341. The molecule has 0 saturated heterocycles. The quantitative estimate of drug-likeness (QED) is 0.754. The number of nitrogens with zero attached hydrogens (tertiary/aromatic N) is 1. The fourth-order valence-electron chi connectivity index (χ4n) is 1.23. The van der Waals surface area contributed by atoms with Gasteiger partial charge in [0.1, 0.15) is 12.4 Å². The number of amides is 1. The molecule has 3 nitrogen and oxygen atoms in total. The zero-order valence-electron chi connectivity index (χ0n) is 8.87. The average Bonchev–Trinajstić information content (AvgIpc) is 2.18. The predicted molar refractivity (Wildman–Crippen MR) is 54.8 cm³/mol. The van der Waals surface area contributed by atoms with Crippen LogP contribution in [0.5, 0.6) is 0 Å². The van der Waals surface area contributed by atoms with Gasteiger partial charge in [-0.2, -0.15) is 0 Å². The van der Waals surface area contributed by atoms with E-state index in [2.05, 4.69) is 0 Å². The average molecular weight is 211 g/mol. The first-order valence-electron chi connectivity index (χ1n) is 4.61. The molecular weight excluding hydrogens is 197 g/mol. The molecule has 0 spiro atoms. The number of carbonyl (C=O) groups is 1. The van der Waals surface area contributed by atoms with Gasteiger partial charge in [-0.25, -0.2) is 4.39 Å². The molecule has 0 atom stereocenters. The number of methoxy groups -OCH3 is 1. The van der Waals surface area contributed by atoms with Gasteiger partial charge in [0.2, 0.25) is 5.91 Å². The lowest BCUT2D eigenvalue weighted by Crippen LogP contribution is -2.29. The van der Waals surface area contributed by atoms with Gasteiger partial charge < -0.3 is 9.64 Å². The number of hydrogen-bond donors (Lipinski definition) is 0. The Morgan fingerprint density at radius 2 is 2.27 bits per heavy atom. The Labute approximate surface area is 88.5 Å². The summed E-state index contributed by atoms with van der Waals surface area (Å²) in [6.45, 7) is 0.436. The number of ether oxygens (including phenoxy) is 1. The summed E-state index contributed by atoms with van der Waals surface area (Å²) in [6.07, 6.45) is 0. The van der Waals surface area contributed by atoms with Gasteiger partial charge in [0.25, 0.3) is 0 Å². The Hall–Kier alpha value is -1.42. The van der Waals surface area contributed by atoms with E-state index >= 15 is 0 Å². The van der Waals surface area contributed by atoms with Gasteiger partial charge in [0, 0.05) is 20.7 Å². The van der Waals surface area contributed by atoms with Gasteiger partial charge in [-0.1, -0.05) is 12.1 Å². The number of carbonyl (C=O) groups excluding carboxylic acids is 1. The van der Waals surface area contributed by atoms with Crippen molar-refractivity contribution in [3.8, 4) is 0 Å². The van der Waals surface area contributed by atoms with Gasteiger partial charge in [0.05, 0.1) is 0 Å². The summed E-state index contributed by atoms with van der Waals surface area (Å²) in [5.41, 5.74) is 0.766. The monoisotopic (exact) mass is 211 g/mol. The molecule has 0 radical (unpaired) electrons. The van der Waals surface area contributed by atoms with Crippen LogP contribution >= 0.6 is 0 Å². The third kappa shape index (κ3) is 3.67. The standard InChI is InChI=1S/C11H14FNO2/c1-13(11(14)8-15-2)7-9-4-3-5-10(12)6-9/h3-6H,7-8H2,1-2H3. The maximum absolute atomic E-state index is 12.8. The first-order valence-corrected chi connectivity index (χ1v) is 4.61. The summed E-state index contributed by atoms with van der Waals surface area (Å²) < 4.78 is 17.6. The Kier molecular flexibility index (Phi) is 4.24. The molecule has 0 heterocycles. The van der Waals surface area contributed by atoms with E-state index in [1.165, 1.54) is 24.1 Å². The minimum atomic E-state index is -0.292. The molecule has 1 aromatic rings. The molecule has 0 saturated carbocycles. The second-order valence-corrected chi connectivity index (χ2v) is 3.31. The maximum atomic E-state index is 12.8. The van der Waals surface area contributed by atoms with Crippen molar-refractivity contribution in [2.45, 2.75) is 6.54 Å². The largest absolute Gasteiger partial charge is 0.375 e. The van der Waals surface area contributed by atoms with Crippen molar-refractivity contribution in [3.05, 3.63) is 35.6 Å². The summed E-state index contributed by atoms with van der Waals surface area (Å²) in [5.74, 6) is -0.415. The van der Waals surface area contributed by atoms with Crippen LogP contribution < -0.4 is 0 Å². The number of rotatable bonds is 4. The molecule has 0 aliphatic rings. The fourth-order valence-corrected chi connectivity index (χ4v) is 1.23. The number of benzene rings is 1. The first-order chi connectivity index (χ1) is 7.13. The van der Waals surface area contributed by atoms with E-state index in [1.807, 2.05) is 0 Å². The molecule has 0 unspecified atom stereocenters. The molecule has 0 fully saturated rings. The van der Waals surface area contributed by atoms with Crippen LogP contribution in [0.2, 0.25) is 0 Å². The van der Waals surface area contributed by atoms with Crippen LogP contribution in [0.3, 0.4) is 0 Å². The first kappa shape index (κ1) is 11.7. The summed E-state index contributed by atoms with van der Waals surface area (Å²) in [4.78, 5) is 12.8. The third-order valence-electron chi connectivity index (χ3n) is 2.00. The summed E-state index contributed by atoms with van der Waals surface area (Å²) in [6, 6.07) is 6.19. The molecule has 82 valence electrons. The van der Waals surface area contributed by atoms with Crippen LogP contribution in [0.25, 0.3) is 0 Å². The second kappa shape index (κ2) is 5.46. The number of hydrogen-bond acceptors (Lipinski definition) is 2. The normalized spacial score (nSPS) is 10.1. The highest BCUT2D eigenvalue weighted by Gasteiger charge is 2.08. The van der Waals surface area contributed by atoms with Crippen LogP contribution in [0.4, 0.5) is 4.39 Å². The van der Waals surface area contributed by atoms with Gasteiger partial charge in [-0.05, 0) is 17.7 Å². The predicted octanol–water partition coefficient (Wildman–Crippen LogP) is 1.43. The van der Waals surface area contributed by atoms with E-state index in [9.17, 15) is 9.18 Å². The molecule has 0 N–H and O–H groups in total. The van der Waals surface area contributed by atoms with Crippen LogP contribution in [0, 0.1) is 5.82 Å². The second-order valence-electron chi connectivity index (χ2n) is 3.31. The van der Waals surface area contributed by atoms with Crippen molar-refractivity contribution in [2.75, 3.05) is 20.8 Å². The Balaban J connectivity index is 2.58. The van der Waals surface area contributed by atoms with Crippen LogP contribution in [0.1, 0.15) is 5.56 Å². The summed E-state index contributed by atoms with van der Waals surface area (Å²) >= 11 is 0. The van der Waals surface area contributed by atoms with E-state index in [4.69, 9.17) is 4.74 Å². The molecule has 1 amide bonds. The third-order valence-corrected chi connectivity index (χ3v) is 2.00. The van der Waals surface area contributed by atoms with E-state index in [0.29, 0.717) is 6.54 Å². The molecule has 1 aromatic carbocycles. The fraction of sp³-hybridized carbons (Fsp3) is 0.364. The molecule has 15 heavy (non-hydrogen) atoms. The van der Waals surface area contributed by atoms with Gasteiger partial charge in [0.15, 0.2) is 0 Å². The van der Waals surface area contributed by atoms with Crippen molar-refractivity contribution in [3.63, 3.8) is 0 Å². The highest BCUT2D eigenvalue weighted by molar-refractivity contribution is 5.77. The minimum Gasteiger partial charge on any atom is -0.375 e. The molecule has 1 rings (SSSR count). The van der Waals surface area contributed by atoms with Crippen molar-refractivity contribution < 1.29 is 13.9 Å². The van der Waals surface area contributed by atoms with E-state index in [1.54, 1.807) is 19.2 Å².